The third-order valence-electron chi connectivity index (χ3n) is 6.06. The van der Waals surface area contributed by atoms with E-state index >= 15 is 0 Å². The third-order valence-corrected chi connectivity index (χ3v) is 6.06. The zero-order valence-electron chi connectivity index (χ0n) is 14.1. The highest BCUT2D eigenvalue weighted by Gasteiger charge is 2.37. The Morgan fingerprint density at radius 1 is 1.00 bits per heavy atom. The second-order valence-corrected chi connectivity index (χ2v) is 7.33. The van der Waals surface area contributed by atoms with Crippen molar-refractivity contribution in [1.29, 1.82) is 0 Å². The molecular formula is C17H32N4O. The lowest BCUT2D eigenvalue weighted by Gasteiger charge is -2.39. The number of hydrogen-bond donors (Lipinski definition) is 1. The Morgan fingerprint density at radius 2 is 1.68 bits per heavy atom. The summed E-state index contributed by atoms with van der Waals surface area (Å²) >= 11 is 0. The molecule has 0 unspecified atom stereocenters. The first-order chi connectivity index (χ1) is 10.7. The van der Waals surface area contributed by atoms with Crippen molar-refractivity contribution in [2.75, 3.05) is 65.4 Å². The molecule has 0 atom stereocenters. The van der Waals surface area contributed by atoms with Crippen molar-refractivity contribution in [3.8, 4) is 0 Å². The summed E-state index contributed by atoms with van der Waals surface area (Å²) in [7, 11) is 0. The minimum atomic E-state index is 0.374. The first-order valence-corrected chi connectivity index (χ1v) is 9.14. The number of carbonyl (C=O) groups excluding carboxylic acids is 1. The van der Waals surface area contributed by atoms with Crippen LogP contribution in [0.3, 0.4) is 0 Å². The summed E-state index contributed by atoms with van der Waals surface area (Å²) in [5, 5.41) is 3.49. The number of rotatable bonds is 4. The summed E-state index contributed by atoms with van der Waals surface area (Å²) in [5.41, 5.74) is 0.507. The summed E-state index contributed by atoms with van der Waals surface area (Å²) in [5.74, 6) is 0.374. The van der Waals surface area contributed by atoms with E-state index in [-0.39, 0.29) is 0 Å². The number of nitrogens with zero attached hydrogens (tertiary/aromatic N) is 3. The highest BCUT2D eigenvalue weighted by Crippen LogP contribution is 2.36. The van der Waals surface area contributed by atoms with Gasteiger partial charge in [-0.15, -0.1) is 0 Å². The Labute approximate surface area is 135 Å². The van der Waals surface area contributed by atoms with Crippen molar-refractivity contribution in [2.24, 2.45) is 5.41 Å². The minimum absolute atomic E-state index is 0.374. The molecule has 1 spiro atoms. The van der Waals surface area contributed by atoms with Crippen molar-refractivity contribution in [2.45, 2.75) is 32.6 Å². The van der Waals surface area contributed by atoms with Gasteiger partial charge in [0, 0.05) is 58.8 Å². The Balaban J connectivity index is 1.36. The van der Waals surface area contributed by atoms with Crippen LogP contribution < -0.4 is 5.32 Å². The first-order valence-electron chi connectivity index (χ1n) is 9.14. The van der Waals surface area contributed by atoms with Crippen LogP contribution in [0.4, 0.5) is 0 Å². The number of likely N-dealkylation sites (N-methyl/N-ethyl adjacent to an activating group) is 1. The Kier molecular flexibility index (Phi) is 5.37. The standard InChI is InChI=1S/C17H32N4O/c1-2-19-11-13-20(14-12-19)8-3-16(22)21-9-5-17(6-10-21)4-7-18-15-17/h18H,2-15H2,1H3. The Morgan fingerprint density at radius 3 is 2.27 bits per heavy atom. The van der Waals surface area contributed by atoms with Crippen LogP contribution in [0, 0.1) is 5.41 Å². The van der Waals surface area contributed by atoms with Crippen LogP contribution in [0.5, 0.6) is 0 Å². The van der Waals surface area contributed by atoms with E-state index in [4.69, 9.17) is 0 Å². The van der Waals surface area contributed by atoms with Crippen molar-refractivity contribution in [1.82, 2.24) is 20.0 Å². The Hall–Kier alpha value is -0.650. The van der Waals surface area contributed by atoms with Crippen molar-refractivity contribution < 1.29 is 4.79 Å². The molecule has 0 aromatic heterocycles. The predicted octanol–water partition coefficient (Wildman–Crippen LogP) is 0.616. The fraction of sp³-hybridized carbons (Fsp3) is 0.941. The van der Waals surface area contributed by atoms with Gasteiger partial charge < -0.3 is 20.0 Å². The molecule has 3 fully saturated rings. The molecule has 0 aliphatic carbocycles. The number of hydrogen-bond acceptors (Lipinski definition) is 4. The van der Waals surface area contributed by atoms with Gasteiger partial charge in [0.15, 0.2) is 0 Å². The van der Waals surface area contributed by atoms with Gasteiger partial charge in [0.2, 0.25) is 5.91 Å². The molecule has 0 aromatic carbocycles. The lowest BCUT2D eigenvalue weighted by molar-refractivity contribution is -0.133. The van der Waals surface area contributed by atoms with Crippen molar-refractivity contribution >= 4 is 5.91 Å². The summed E-state index contributed by atoms with van der Waals surface area (Å²) in [6, 6.07) is 0. The van der Waals surface area contributed by atoms with Crippen LogP contribution in [0.2, 0.25) is 0 Å². The smallest absolute Gasteiger partial charge is 0.223 e. The van der Waals surface area contributed by atoms with Gasteiger partial charge in [0.1, 0.15) is 0 Å². The number of piperazine rings is 1. The van der Waals surface area contributed by atoms with Crippen LogP contribution in [0.15, 0.2) is 0 Å². The van der Waals surface area contributed by atoms with Crippen LogP contribution in [-0.4, -0.2) is 86.1 Å². The highest BCUT2D eigenvalue weighted by molar-refractivity contribution is 5.76. The molecule has 0 radical (unpaired) electrons. The lowest BCUT2D eigenvalue weighted by Crippen LogP contribution is -2.48. The van der Waals surface area contributed by atoms with Gasteiger partial charge in [-0.1, -0.05) is 6.92 Å². The van der Waals surface area contributed by atoms with Gasteiger partial charge in [-0.2, -0.15) is 0 Å². The predicted molar refractivity (Wildman–Crippen MR) is 88.9 cm³/mol. The van der Waals surface area contributed by atoms with Gasteiger partial charge in [-0.25, -0.2) is 0 Å². The lowest BCUT2D eigenvalue weighted by atomic mass is 9.78. The molecule has 3 saturated heterocycles. The number of amides is 1. The highest BCUT2D eigenvalue weighted by atomic mass is 16.2. The zero-order chi connectivity index (χ0) is 15.4. The van der Waals surface area contributed by atoms with Gasteiger partial charge in [-0.3, -0.25) is 4.79 Å². The Bertz CT molecular complexity index is 363. The fourth-order valence-corrected chi connectivity index (χ4v) is 4.19. The van der Waals surface area contributed by atoms with E-state index in [0.29, 0.717) is 17.7 Å². The molecule has 3 aliphatic heterocycles. The second kappa shape index (κ2) is 7.28. The first kappa shape index (κ1) is 16.2. The van der Waals surface area contributed by atoms with Crippen LogP contribution >= 0.6 is 0 Å². The normalized spacial score (nSPS) is 26.7. The average molecular weight is 308 g/mol. The molecule has 22 heavy (non-hydrogen) atoms. The number of likely N-dealkylation sites (tertiary alicyclic amines) is 1. The maximum Gasteiger partial charge on any atom is 0.223 e. The largest absolute Gasteiger partial charge is 0.343 e. The van der Waals surface area contributed by atoms with Gasteiger partial charge in [0.05, 0.1) is 0 Å². The van der Waals surface area contributed by atoms with E-state index in [9.17, 15) is 4.79 Å². The van der Waals surface area contributed by atoms with E-state index in [2.05, 4.69) is 26.9 Å². The van der Waals surface area contributed by atoms with Gasteiger partial charge in [-0.05, 0) is 37.8 Å². The molecule has 126 valence electrons. The minimum Gasteiger partial charge on any atom is -0.343 e. The molecule has 3 heterocycles. The quantitative estimate of drug-likeness (QED) is 0.826. The SMILES string of the molecule is CCN1CCN(CCC(=O)N2CCC3(CCNC3)CC2)CC1. The molecule has 0 bridgehead atoms. The zero-order valence-corrected chi connectivity index (χ0v) is 14.1. The summed E-state index contributed by atoms with van der Waals surface area (Å²) in [6.45, 7) is 13.2. The van der Waals surface area contributed by atoms with Crippen LogP contribution in [0.25, 0.3) is 0 Å². The van der Waals surface area contributed by atoms with Crippen LogP contribution in [-0.2, 0) is 4.79 Å². The topological polar surface area (TPSA) is 38.8 Å². The molecule has 1 amide bonds. The van der Waals surface area contributed by atoms with Crippen molar-refractivity contribution in [3.63, 3.8) is 0 Å². The molecular weight excluding hydrogens is 276 g/mol. The van der Waals surface area contributed by atoms with E-state index in [1.165, 1.54) is 19.3 Å². The molecule has 3 aliphatic rings. The monoisotopic (exact) mass is 308 g/mol. The third kappa shape index (κ3) is 3.81. The molecule has 0 aromatic rings. The maximum absolute atomic E-state index is 12.4. The maximum atomic E-state index is 12.4. The van der Waals surface area contributed by atoms with Crippen molar-refractivity contribution in [3.05, 3.63) is 0 Å². The van der Waals surface area contributed by atoms with E-state index in [0.717, 1.165) is 65.4 Å². The van der Waals surface area contributed by atoms with E-state index in [1.807, 2.05) is 0 Å². The second-order valence-electron chi connectivity index (χ2n) is 7.33. The van der Waals surface area contributed by atoms with E-state index < -0.39 is 0 Å². The van der Waals surface area contributed by atoms with E-state index in [1.54, 1.807) is 0 Å². The number of nitrogens with one attached hydrogen (secondary N) is 1. The van der Waals surface area contributed by atoms with Gasteiger partial charge >= 0.3 is 0 Å². The van der Waals surface area contributed by atoms with Gasteiger partial charge in [0.25, 0.3) is 0 Å². The fourth-order valence-electron chi connectivity index (χ4n) is 4.19. The summed E-state index contributed by atoms with van der Waals surface area (Å²) in [6.07, 6.45) is 4.40. The number of carbonyl (C=O) groups is 1. The molecule has 3 rings (SSSR count). The number of piperidine rings is 1. The molecule has 5 nitrogen and oxygen atoms in total. The molecule has 0 saturated carbocycles. The molecule has 1 N–H and O–H groups in total. The summed E-state index contributed by atoms with van der Waals surface area (Å²) < 4.78 is 0. The average Bonchev–Trinajstić information content (AvgIpc) is 3.02. The molecule has 5 heteroatoms. The summed E-state index contributed by atoms with van der Waals surface area (Å²) in [4.78, 5) is 19.5. The van der Waals surface area contributed by atoms with Crippen LogP contribution in [0.1, 0.15) is 32.6 Å².